The van der Waals surface area contributed by atoms with E-state index in [0.717, 1.165) is 44.5 Å². The van der Waals surface area contributed by atoms with Gasteiger partial charge in [0.2, 0.25) is 0 Å². The summed E-state index contributed by atoms with van der Waals surface area (Å²) >= 11 is -6.09. The van der Waals surface area contributed by atoms with Crippen LogP contribution in [0, 0.1) is 11.8 Å². The molecule has 0 aromatic heterocycles. The minimum atomic E-state index is -6.09. The molecule has 0 fully saturated rings. The van der Waals surface area contributed by atoms with Crippen LogP contribution in [-0.4, -0.2) is 16.3 Å². The number of carbonyl (C=O) groups excluding carboxylic acids is 2. The van der Waals surface area contributed by atoms with Crippen molar-refractivity contribution in [1.82, 2.24) is 10.5 Å². The number of amides is 2. The van der Waals surface area contributed by atoms with Gasteiger partial charge in [0.05, 0.1) is 0 Å². The van der Waals surface area contributed by atoms with Gasteiger partial charge in [-0.1, -0.05) is 0 Å². The zero-order chi connectivity index (χ0) is 42.6. The molecule has 58 heavy (non-hydrogen) atoms. The molecule has 2 aliphatic rings. The molecule has 305 valence electrons. The van der Waals surface area contributed by atoms with Gasteiger partial charge < -0.3 is 0 Å². The average Bonchev–Trinajstić information content (AvgIpc) is 3.79. The number of nitrogens with one attached hydrogen (secondary N) is 2. The average molecular weight is 896 g/mol. The number of benzene rings is 4. The predicted molar refractivity (Wildman–Crippen MR) is 247 cm³/mol. The van der Waals surface area contributed by atoms with Gasteiger partial charge in [0.15, 0.2) is 0 Å². The molecule has 8 heteroatoms. The Morgan fingerprint density at radius 2 is 0.931 bits per heavy atom. The van der Waals surface area contributed by atoms with Crippen LogP contribution >= 0.6 is 17.0 Å². The van der Waals surface area contributed by atoms with Crippen molar-refractivity contribution in [2.75, 3.05) is 0 Å². The normalized spacial score (nSPS) is 17.3. The first-order valence-electron chi connectivity index (χ1n) is 21.2. The number of hydrogen-bond donors (Lipinski definition) is 2. The second kappa shape index (κ2) is 16.4. The standard InChI is InChI=1S/2C22H25.C6H11BN2O2.2ClH.Zr/c2*1-15(2)17-13-16-9-8-11-18(20(16)14-17)19-10-6-7-12-21(19)22(3,4)5;1-3-5(10)8-7-9-6(11)4-2;;;/h2*6-15H,1-5H3;3-4H2,1-2H3,(H-,8,9,10,11);2*1H;/q;;;;;+1/p-1. The fourth-order valence-electron chi connectivity index (χ4n) is 9.63. The molecule has 0 heterocycles. The maximum absolute atomic E-state index is 13.8. The van der Waals surface area contributed by atoms with Crippen molar-refractivity contribution in [1.29, 1.82) is 0 Å². The second-order valence-electron chi connectivity index (χ2n) is 19.2. The summed E-state index contributed by atoms with van der Waals surface area (Å²) in [5, 5.41) is 6.60. The molecule has 2 amide bonds. The third-order valence-electron chi connectivity index (χ3n) is 12.5. The van der Waals surface area contributed by atoms with E-state index >= 15 is 0 Å². The van der Waals surface area contributed by atoms with Crippen molar-refractivity contribution < 1.29 is 25.8 Å². The maximum atomic E-state index is 13.8. The SMILES string of the molecule is CCC(=O)N[B](NC(=O)CC)[Zr]([Cl])([Cl])([CH]1C(C(C)C)=Cc2c(-c3ccccc3C(C)(C)C)cccc21)[CH]1C(C(C)C)=Cc2c(-c3ccccc3C(C)(C)C)cccc21. The van der Waals surface area contributed by atoms with Gasteiger partial charge in [-0.25, -0.2) is 0 Å². The molecule has 0 spiro atoms. The van der Waals surface area contributed by atoms with E-state index in [2.05, 4.69) is 177 Å². The zero-order valence-electron chi connectivity index (χ0n) is 36.6. The Morgan fingerprint density at radius 1 is 0.586 bits per heavy atom. The van der Waals surface area contributed by atoms with E-state index in [1.807, 2.05) is 13.8 Å². The summed E-state index contributed by atoms with van der Waals surface area (Å²) in [6.07, 6.45) is 5.12. The van der Waals surface area contributed by atoms with Gasteiger partial charge in [0.1, 0.15) is 0 Å². The van der Waals surface area contributed by atoms with E-state index in [9.17, 15) is 9.59 Å². The molecular formula is C50H62BCl2N2O2Zr. The molecule has 2 unspecified atom stereocenters. The number of halogens is 2. The number of hydrogen-bond acceptors (Lipinski definition) is 2. The zero-order valence-corrected chi connectivity index (χ0v) is 40.6. The second-order valence-corrected chi connectivity index (χ2v) is 40.6. The summed E-state index contributed by atoms with van der Waals surface area (Å²) in [7, 11) is 18.0. The summed E-state index contributed by atoms with van der Waals surface area (Å²) in [6, 6.07) is 30.4. The molecular weight excluding hydrogens is 834 g/mol. The molecule has 0 saturated heterocycles. The molecule has 0 radical (unpaired) electrons. The first-order chi connectivity index (χ1) is 27.1. The van der Waals surface area contributed by atoms with E-state index in [1.54, 1.807) is 0 Å². The van der Waals surface area contributed by atoms with Crippen molar-refractivity contribution >= 4 is 45.5 Å². The molecule has 4 nitrogen and oxygen atoms in total. The van der Waals surface area contributed by atoms with Crippen molar-refractivity contribution in [2.24, 2.45) is 11.8 Å². The van der Waals surface area contributed by atoms with Gasteiger partial charge in [-0.3, -0.25) is 0 Å². The number of fused-ring (bicyclic) bond motifs is 2. The van der Waals surface area contributed by atoms with E-state index in [0.29, 0.717) is 0 Å². The number of allylic oxidation sites excluding steroid dienone is 2. The van der Waals surface area contributed by atoms with Crippen LogP contribution in [-0.2, 0) is 36.6 Å². The topological polar surface area (TPSA) is 58.2 Å². The molecule has 2 N–H and O–H groups in total. The Labute approximate surface area is 356 Å². The van der Waals surface area contributed by atoms with Crippen LogP contribution in [0.3, 0.4) is 0 Å². The number of carbonyl (C=O) groups is 2. The van der Waals surface area contributed by atoms with E-state index < -0.39 is 27.9 Å². The molecule has 0 bridgehead atoms. The van der Waals surface area contributed by atoms with Crippen LogP contribution in [0.1, 0.15) is 137 Å². The van der Waals surface area contributed by atoms with Crippen LogP contribution in [0.15, 0.2) is 96.1 Å². The van der Waals surface area contributed by atoms with E-state index in [-0.39, 0.29) is 47.3 Å². The van der Waals surface area contributed by atoms with E-state index in [4.69, 9.17) is 17.0 Å². The summed E-state index contributed by atoms with van der Waals surface area (Å²) < 4.78 is -1.86. The molecule has 0 aliphatic heterocycles. The molecule has 2 atom stereocenters. The van der Waals surface area contributed by atoms with Crippen LogP contribution in [0.5, 0.6) is 0 Å². The van der Waals surface area contributed by atoms with Crippen molar-refractivity contribution in [3.8, 4) is 22.3 Å². The van der Waals surface area contributed by atoms with Gasteiger partial charge in [-0.05, 0) is 0 Å². The molecule has 4 aromatic rings. The van der Waals surface area contributed by atoms with Crippen LogP contribution < -0.4 is 10.5 Å². The van der Waals surface area contributed by atoms with Gasteiger partial charge in [0.25, 0.3) is 0 Å². The first kappa shape index (κ1) is 44.4. The third kappa shape index (κ3) is 7.81. The predicted octanol–water partition coefficient (Wildman–Crippen LogP) is 13.5. The summed E-state index contributed by atoms with van der Waals surface area (Å²) in [5.41, 5.74) is 13.6. The fourth-order valence-corrected chi connectivity index (χ4v) is 30.6. The Hall–Kier alpha value is -3.17. The van der Waals surface area contributed by atoms with Crippen LogP contribution in [0.2, 0.25) is 0 Å². The van der Waals surface area contributed by atoms with Crippen molar-refractivity contribution in [2.45, 2.75) is 114 Å². The minimum absolute atomic E-state index is 0.0650. The molecule has 2 aliphatic carbocycles. The summed E-state index contributed by atoms with van der Waals surface area (Å²) in [4.78, 5) is 27.6. The van der Waals surface area contributed by atoms with Crippen molar-refractivity contribution in [3.05, 3.63) is 129 Å². The van der Waals surface area contributed by atoms with Gasteiger partial charge in [0, 0.05) is 0 Å². The Kier molecular flexibility index (Phi) is 12.5. The van der Waals surface area contributed by atoms with Crippen LogP contribution in [0.25, 0.3) is 34.4 Å². The number of rotatable bonds is 11. The summed E-state index contributed by atoms with van der Waals surface area (Å²) in [5.74, 6) is -0.277. The Balaban J connectivity index is 1.74. The third-order valence-corrected chi connectivity index (χ3v) is 32.2. The monoisotopic (exact) mass is 893 g/mol. The Morgan fingerprint density at radius 3 is 1.26 bits per heavy atom. The van der Waals surface area contributed by atoms with Gasteiger partial charge >= 0.3 is 359 Å². The summed E-state index contributed by atoms with van der Waals surface area (Å²) in [6.45, 7) is 26.0. The van der Waals surface area contributed by atoms with Crippen LogP contribution in [0.4, 0.5) is 0 Å². The quantitative estimate of drug-likeness (QED) is 0.147. The molecule has 4 aromatic carbocycles. The molecule has 0 saturated carbocycles. The molecule has 6 rings (SSSR count). The Bertz CT molecular complexity index is 2160. The van der Waals surface area contributed by atoms with Crippen molar-refractivity contribution in [3.63, 3.8) is 0 Å². The first-order valence-corrected chi connectivity index (χ1v) is 31.8. The fraction of sp³-hybridized carbons (Fsp3) is 0.400. The van der Waals surface area contributed by atoms with Gasteiger partial charge in [-0.2, -0.15) is 0 Å². The van der Waals surface area contributed by atoms with E-state index in [1.165, 1.54) is 22.3 Å². The van der Waals surface area contributed by atoms with Gasteiger partial charge in [-0.15, -0.1) is 0 Å².